The number of halogens is 1. The molecule has 0 spiro atoms. The Morgan fingerprint density at radius 1 is 1.17 bits per heavy atom. The zero-order chi connectivity index (χ0) is 16.7. The molecule has 120 valence electrons. The molecule has 0 radical (unpaired) electrons. The Kier molecular flexibility index (Phi) is 6.58. The van der Waals surface area contributed by atoms with Crippen LogP contribution in [0.4, 0.5) is 0 Å². The van der Waals surface area contributed by atoms with Crippen molar-refractivity contribution in [2.24, 2.45) is 5.10 Å². The first-order valence-corrected chi connectivity index (χ1v) is 8.49. The van der Waals surface area contributed by atoms with Crippen molar-refractivity contribution in [3.8, 4) is 5.75 Å². The van der Waals surface area contributed by atoms with Crippen LogP contribution in [0.15, 0.2) is 53.6 Å². The number of hydrazone groups is 1. The van der Waals surface area contributed by atoms with Crippen molar-refractivity contribution in [3.05, 3.63) is 63.2 Å². The monoisotopic (exact) mass is 422 g/mol. The zero-order valence-electron chi connectivity index (χ0n) is 13.2. The van der Waals surface area contributed by atoms with Gasteiger partial charge in [0.25, 0.3) is 5.91 Å². The molecule has 1 N–H and O–H groups in total. The van der Waals surface area contributed by atoms with Crippen LogP contribution < -0.4 is 10.2 Å². The lowest BCUT2D eigenvalue weighted by Gasteiger charge is -2.08. The summed E-state index contributed by atoms with van der Waals surface area (Å²) in [5.41, 5.74) is 5.12. The second-order valence-corrected chi connectivity index (χ2v) is 6.13. The summed E-state index contributed by atoms with van der Waals surface area (Å²) >= 11 is 2.14. The van der Waals surface area contributed by atoms with Gasteiger partial charge in [-0.3, -0.25) is 4.79 Å². The van der Waals surface area contributed by atoms with E-state index < -0.39 is 0 Å². The van der Waals surface area contributed by atoms with E-state index in [4.69, 9.17) is 4.74 Å². The smallest absolute Gasteiger partial charge is 0.271 e. The minimum atomic E-state index is -0.227. The molecule has 0 aromatic heterocycles. The second-order valence-electron chi connectivity index (χ2n) is 4.96. The van der Waals surface area contributed by atoms with Crippen molar-refractivity contribution < 1.29 is 9.53 Å². The van der Waals surface area contributed by atoms with Crippen LogP contribution in [0.3, 0.4) is 0 Å². The first-order valence-electron chi connectivity index (χ1n) is 7.41. The number of nitrogens with zero attached hydrogens (tertiary/aromatic N) is 1. The maximum atomic E-state index is 12.3. The summed E-state index contributed by atoms with van der Waals surface area (Å²) in [4.78, 5) is 12.3. The number of carbonyl (C=O) groups excluding carboxylic acids is 1. The minimum Gasteiger partial charge on any atom is -0.496 e. The van der Waals surface area contributed by atoms with Crippen molar-refractivity contribution >= 4 is 34.2 Å². The number of carbonyl (C=O) groups is 1. The van der Waals surface area contributed by atoms with E-state index in [1.54, 1.807) is 25.3 Å². The number of ether oxygens (including phenoxy) is 1. The molecule has 23 heavy (non-hydrogen) atoms. The van der Waals surface area contributed by atoms with Crippen LogP contribution >= 0.6 is 22.6 Å². The lowest BCUT2D eigenvalue weighted by atomic mass is 10.1. The summed E-state index contributed by atoms with van der Waals surface area (Å²) in [6.45, 7) is 2.09. The van der Waals surface area contributed by atoms with Gasteiger partial charge in [-0.2, -0.15) is 5.10 Å². The Morgan fingerprint density at radius 2 is 1.91 bits per heavy atom. The summed E-state index contributed by atoms with van der Waals surface area (Å²) < 4.78 is 6.09. The summed E-state index contributed by atoms with van der Waals surface area (Å²) in [5.74, 6) is 0.525. The average molecular weight is 422 g/mol. The van der Waals surface area contributed by atoms with Crippen LogP contribution in [-0.4, -0.2) is 18.7 Å². The predicted molar refractivity (Wildman–Crippen MR) is 101 cm³/mol. The van der Waals surface area contributed by atoms with Gasteiger partial charge in [-0.25, -0.2) is 5.43 Å². The number of benzene rings is 2. The highest BCUT2D eigenvalue weighted by Gasteiger charge is 2.09. The molecule has 0 fully saturated rings. The Labute approximate surface area is 150 Å². The molecule has 2 aromatic rings. The summed E-state index contributed by atoms with van der Waals surface area (Å²) in [7, 11) is 1.61. The fraction of sp³-hybridized carbons (Fsp3) is 0.222. The molecule has 0 aliphatic rings. The van der Waals surface area contributed by atoms with E-state index in [-0.39, 0.29) is 5.91 Å². The Balaban J connectivity index is 2.16. The molecule has 4 nitrogen and oxygen atoms in total. The molecule has 0 saturated heterocycles. The van der Waals surface area contributed by atoms with Gasteiger partial charge in [-0.15, -0.1) is 0 Å². The highest BCUT2D eigenvalue weighted by molar-refractivity contribution is 14.1. The third-order valence-corrected chi connectivity index (χ3v) is 4.14. The molecule has 0 heterocycles. The van der Waals surface area contributed by atoms with Gasteiger partial charge < -0.3 is 4.74 Å². The topological polar surface area (TPSA) is 50.7 Å². The minimum absolute atomic E-state index is 0.227. The fourth-order valence-corrected chi connectivity index (χ4v) is 2.86. The molecule has 0 unspecified atom stereocenters. The zero-order valence-corrected chi connectivity index (χ0v) is 15.3. The number of nitrogens with one attached hydrogen (secondary N) is 1. The molecule has 0 atom stereocenters. The second kappa shape index (κ2) is 8.67. The molecule has 2 aromatic carbocycles. The number of hydrogen-bond acceptors (Lipinski definition) is 3. The number of amides is 1. The van der Waals surface area contributed by atoms with Gasteiger partial charge in [0.05, 0.1) is 16.4 Å². The molecule has 2 rings (SSSR count). The van der Waals surface area contributed by atoms with Crippen molar-refractivity contribution in [3.63, 3.8) is 0 Å². The summed E-state index contributed by atoms with van der Waals surface area (Å²) in [5, 5.41) is 4.32. The first-order chi connectivity index (χ1) is 11.2. The van der Waals surface area contributed by atoms with Gasteiger partial charge >= 0.3 is 0 Å². The van der Waals surface area contributed by atoms with Gasteiger partial charge in [0.1, 0.15) is 5.75 Å². The van der Waals surface area contributed by atoms with Gasteiger partial charge in [0.15, 0.2) is 0 Å². The van der Waals surface area contributed by atoms with E-state index in [0.717, 1.165) is 33.4 Å². The predicted octanol–water partition coefficient (Wildman–Crippen LogP) is 4.23. The van der Waals surface area contributed by atoms with Crippen LogP contribution in [0.1, 0.15) is 35.7 Å². The number of methoxy groups -OCH3 is 1. The van der Waals surface area contributed by atoms with Crippen LogP contribution in [0, 0.1) is 3.57 Å². The molecular formula is C18H19IN2O2. The third kappa shape index (κ3) is 4.79. The fourth-order valence-electron chi connectivity index (χ4n) is 2.12. The maximum absolute atomic E-state index is 12.3. The number of hydrogen-bond donors (Lipinski definition) is 1. The van der Waals surface area contributed by atoms with Crippen molar-refractivity contribution in [2.45, 2.75) is 19.8 Å². The molecule has 0 aliphatic heterocycles. The Morgan fingerprint density at radius 3 is 2.52 bits per heavy atom. The van der Waals surface area contributed by atoms with E-state index in [9.17, 15) is 4.79 Å². The van der Waals surface area contributed by atoms with E-state index in [0.29, 0.717) is 5.56 Å². The van der Waals surface area contributed by atoms with Crippen molar-refractivity contribution in [1.29, 1.82) is 0 Å². The normalized spacial score (nSPS) is 11.2. The molecular weight excluding hydrogens is 403 g/mol. The molecule has 1 amide bonds. The lowest BCUT2D eigenvalue weighted by molar-refractivity contribution is 0.0954. The van der Waals surface area contributed by atoms with Crippen LogP contribution in [0.5, 0.6) is 5.75 Å². The SMILES string of the molecule is CCCC(=NNC(=O)c1ccc(OC)c(I)c1)c1ccccc1. The standard InChI is InChI=1S/C18H19IN2O2/c1-3-7-16(13-8-5-4-6-9-13)20-21-18(22)14-10-11-17(23-2)15(19)12-14/h4-6,8-12H,3,7H2,1-2H3,(H,21,22). The van der Waals surface area contributed by atoms with E-state index >= 15 is 0 Å². The first kappa shape index (κ1) is 17.5. The van der Waals surface area contributed by atoms with Gasteiger partial charge in [-0.05, 0) is 52.8 Å². The van der Waals surface area contributed by atoms with Gasteiger partial charge in [0, 0.05) is 5.56 Å². The van der Waals surface area contributed by atoms with Crippen molar-refractivity contribution in [1.82, 2.24) is 5.43 Å². The maximum Gasteiger partial charge on any atom is 0.271 e. The third-order valence-electron chi connectivity index (χ3n) is 3.30. The van der Waals surface area contributed by atoms with Crippen LogP contribution in [0.2, 0.25) is 0 Å². The Bertz CT molecular complexity index is 699. The molecule has 0 bridgehead atoms. The van der Waals surface area contributed by atoms with Crippen molar-refractivity contribution in [2.75, 3.05) is 7.11 Å². The van der Waals surface area contributed by atoms with Crippen LogP contribution in [-0.2, 0) is 0 Å². The highest BCUT2D eigenvalue weighted by Crippen LogP contribution is 2.21. The Hall–Kier alpha value is -1.89. The lowest BCUT2D eigenvalue weighted by Crippen LogP contribution is -2.20. The molecule has 0 aliphatic carbocycles. The average Bonchev–Trinajstić information content (AvgIpc) is 2.59. The van der Waals surface area contributed by atoms with Gasteiger partial charge in [0.2, 0.25) is 0 Å². The van der Waals surface area contributed by atoms with E-state index in [1.807, 2.05) is 30.3 Å². The summed E-state index contributed by atoms with van der Waals surface area (Å²) in [6, 6.07) is 15.2. The highest BCUT2D eigenvalue weighted by atomic mass is 127. The van der Waals surface area contributed by atoms with E-state index in [2.05, 4.69) is 40.0 Å². The molecule has 0 saturated carbocycles. The number of rotatable bonds is 6. The van der Waals surface area contributed by atoms with Gasteiger partial charge in [-0.1, -0.05) is 43.7 Å². The quantitative estimate of drug-likeness (QED) is 0.430. The van der Waals surface area contributed by atoms with E-state index in [1.165, 1.54) is 0 Å². The largest absolute Gasteiger partial charge is 0.496 e. The molecule has 5 heteroatoms. The summed E-state index contributed by atoms with van der Waals surface area (Å²) in [6.07, 6.45) is 1.77. The van der Waals surface area contributed by atoms with Crippen LogP contribution in [0.25, 0.3) is 0 Å².